The van der Waals surface area contributed by atoms with Crippen molar-refractivity contribution in [3.8, 4) is 0 Å². The normalized spacial score (nSPS) is 21.8. The SMILES string of the molecule is [CH2]C(C=C)c1cc(C2CC2)cc(C2CC2)c1. The van der Waals surface area contributed by atoms with Crippen molar-refractivity contribution >= 4 is 0 Å². The molecule has 2 aliphatic carbocycles. The molecule has 1 aromatic rings. The Kier molecular flexibility index (Phi) is 2.38. The molecule has 1 unspecified atom stereocenters. The summed E-state index contributed by atoms with van der Waals surface area (Å²) in [6.45, 7) is 8.01. The van der Waals surface area contributed by atoms with Crippen LogP contribution in [0.4, 0.5) is 0 Å². The molecule has 2 saturated carbocycles. The highest BCUT2D eigenvalue weighted by Gasteiger charge is 2.28. The van der Waals surface area contributed by atoms with Crippen LogP contribution in [0.2, 0.25) is 0 Å². The average Bonchev–Trinajstić information content (AvgIpc) is 3.20. The van der Waals surface area contributed by atoms with Crippen molar-refractivity contribution in [1.29, 1.82) is 0 Å². The lowest BCUT2D eigenvalue weighted by molar-refractivity contribution is 1.01. The largest absolute Gasteiger partial charge is 0.102 e. The van der Waals surface area contributed by atoms with Crippen molar-refractivity contribution in [1.82, 2.24) is 0 Å². The second kappa shape index (κ2) is 3.76. The van der Waals surface area contributed by atoms with Gasteiger partial charge in [-0.3, -0.25) is 0 Å². The molecule has 16 heavy (non-hydrogen) atoms. The first-order chi connectivity index (χ1) is 7.78. The fraction of sp³-hybridized carbons (Fsp3) is 0.438. The lowest BCUT2D eigenvalue weighted by Gasteiger charge is -2.12. The number of allylic oxidation sites excluding steroid dienone is 1. The molecule has 3 rings (SSSR count). The summed E-state index contributed by atoms with van der Waals surface area (Å²) >= 11 is 0. The molecule has 1 radical (unpaired) electrons. The van der Waals surface area contributed by atoms with Crippen LogP contribution >= 0.6 is 0 Å². The van der Waals surface area contributed by atoms with E-state index < -0.39 is 0 Å². The molecule has 0 aliphatic heterocycles. The third-order valence-electron chi connectivity index (χ3n) is 3.81. The van der Waals surface area contributed by atoms with Crippen molar-refractivity contribution in [3.63, 3.8) is 0 Å². The molecule has 0 nitrogen and oxygen atoms in total. The second-order valence-electron chi connectivity index (χ2n) is 5.32. The first-order valence-corrected chi connectivity index (χ1v) is 6.38. The molecule has 1 aromatic carbocycles. The highest BCUT2D eigenvalue weighted by atomic mass is 14.3. The Morgan fingerprint density at radius 2 is 1.50 bits per heavy atom. The van der Waals surface area contributed by atoms with Gasteiger partial charge in [-0.25, -0.2) is 0 Å². The summed E-state index contributed by atoms with van der Waals surface area (Å²) in [5.41, 5.74) is 4.46. The number of hydrogen-bond donors (Lipinski definition) is 0. The Morgan fingerprint density at radius 1 is 1.00 bits per heavy atom. The van der Waals surface area contributed by atoms with E-state index in [0.29, 0.717) is 0 Å². The minimum Gasteiger partial charge on any atom is -0.102 e. The van der Waals surface area contributed by atoms with Gasteiger partial charge in [0, 0.05) is 5.92 Å². The Balaban J connectivity index is 1.98. The minimum atomic E-state index is 0.246. The van der Waals surface area contributed by atoms with E-state index in [1.807, 2.05) is 6.08 Å². The predicted molar refractivity (Wildman–Crippen MR) is 68.7 cm³/mol. The van der Waals surface area contributed by atoms with Gasteiger partial charge in [-0.15, -0.1) is 6.58 Å². The van der Waals surface area contributed by atoms with Gasteiger partial charge in [0.15, 0.2) is 0 Å². The standard InChI is InChI=1S/C16H19/c1-3-11(2)14-8-15(12-4-5-12)10-16(9-14)13-6-7-13/h3,8-13H,1-2,4-7H2. The Morgan fingerprint density at radius 3 is 1.88 bits per heavy atom. The maximum absolute atomic E-state index is 4.15. The zero-order valence-electron chi connectivity index (χ0n) is 9.78. The highest BCUT2D eigenvalue weighted by Crippen LogP contribution is 2.45. The van der Waals surface area contributed by atoms with Crippen LogP contribution < -0.4 is 0 Å². The van der Waals surface area contributed by atoms with Crippen molar-refractivity contribution in [2.24, 2.45) is 0 Å². The van der Waals surface area contributed by atoms with Crippen molar-refractivity contribution < 1.29 is 0 Å². The van der Waals surface area contributed by atoms with Crippen LogP contribution in [0.3, 0.4) is 0 Å². The second-order valence-corrected chi connectivity index (χ2v) is 5.32. The molecule has 0 N–H and O–H groups in total. The summed E-state index contributed by atoms with van der Waals surface area (Å²) in [4.78, 5) is 0. The van der Waals surface area contributed by atoms with Crippen LogP contribution in [0, 0.1) is 6.92 Å². The van der Waals surface area contributed by atoms with E-state index in [9.17, 15) is 0 Å². The first-order valence-electron chi connectivity index (χ1n) is 6.38. The summed E-state index contributed by atoms with van der Waals surface area (Å²) in [5.74, 6) is 1.93. The molecule has 0 amide bonds. The molecule has 0 spiro atoms. The molecule has 0 saturated heterocycles. The molecular weight excluding hydrogens is 192 g/mol. The molecule has 83 valence electrons. The van der Waals surface area contributed by atoms with Crippen LogP contribution in [-0.4, -0.2) is 0 Å². The van der Waals surface area contributed by atoms with Gasteiger partial charge in [0.2, 0.25) is 0 Å². The molecule has 2 fully saturated rings. The van der Waals surface area contributed by atoms with Gasteiger partial charge in [-0.1, -0.05) is 24.3 Å². The zero-order chi connectivity index (χ0) is 11.1. The number of benzene rings is 1. The third kappa shape index (κ3) is 1.93. The van der Waals surface area contributed by atoms with Gasteiger partial charge in [0.25, 0.3) is 0 Å². The smallest absolute Gasteiger partial charge is 0.00158 e. The summed E-state index contributed by atoms with van der Waals surface area (Å²) < 4.78 is 0. The highest BCUT2D eigenvalue weighted by molar-refractivity contribution is 5.40. The number of rotatable bonds is 4. The van der Waals surface area contributed by atoms with Crippen molar-refractivity contribution in [2.45, 2.75) is 43.4 Å². The van der Waals surface area contributed by atoms with E-state index in [0.717, 1.165) is 11.8 Å². The minimum absolute atomic E-state index is 0.246. The zero-order valence-corrected chi connectivity index (χ0v) is 9.78. The fourth-order valence-electron chi connectivity index (χ4n) is 2.36. The van der Waals surface area contributed by atoms with E-state index >= 15 is 0 Å². The molecule has 2 aliphatic rings. The summed E-state index contributed by atoms with van der Waals surface area (Å²) in [5, 5.41) is 0. The molecule has 0 heterocycles. The summed E-state index contributed by atoms with van der Waals surface area (Å²) in [6, 6.07) is 7.14. The first kappa shape index (κ1) is 10.1. The van der Waals surface area contributed by atoms with Gasteiger partial charge in [0.05, 0.1) is 0 Å². The lowest BCUT2D eigenvalue weighted by atomic mass is 9.93. The van der Waals surface area contributed by atoms with Gasteiger partial charge >= 0.3 is 0 Å². The molecule has 0 bridgehead atoms. The van der Waals surface area contributed by atoms with Crippen LogP contribution in [0.15, 0.2) is 30.9 Å². The maximum Gasteiger partial charge on any atom is 0.00158 e. The van der Waals surface area contributed by atoms with E-state index in [4.69, 9.17) is 0 Å². The Labute approximate surface area is 98.4 Å². The van der Waals surface area contributed by atoms with E-state index in [1.54, 1.807) is 11.1 Å². The topological polar surface area (TPSA) is 0 Å². The molecule has 0 heteroatoms. The third-order valence-corrected chi connectivity index (χ3v) is 3.81. The number of hydrogen-bond acceptors (Lipinski definition) is 0. The Hall–Kier alpha value is -1.04. The van der Waals surface area contributed by atoms with Crippen LogP contribution in [0.25, 0.3) is 0 Å². The van der Waals surface area contributed by atoms with E-state index in [2.05, 4.69) is 31.7 Å². The molecular formula is C16H19. The van der Waals surface area contributed by atoms with Gasteiger partial charge in [-0.2, -0.15) is 0 Å². The summed E-state index contributed by atoms with van der Waals surface area (Å²) in [6.07, 6.45) is 7.46. The van der Waals surface area contributed by atoms with Gasteiger partial charge < -0.3 is 0 Å². The van der Waals surface area contributed by atoms with E-state index in [-0.39, 0.29) is 5.92 Å². The molecule has 1 atom stereocenters. The van der Waals surface area contributed by atoms with Crippen molar-refractivity contribution in [2.75, 3.05) is 0 Å². The van der Waals surface area contributed by atoms with Crippen LogP contribution in [0.5, 0.6) is 0 Å². The monoisotopic (exact) mass is 211 g/mol. The lowest BCUT2D eigenvalue weighted by Crippen LogP contribution is -1.94. The average molecular weight is 211 g/mol. The van der Waals surface area contributed by atoms with E-state index in [1.165, 1.54) is 31.2 Å². The Bertz CT molecular complexity index is 378. The van der Waals surface area contributed by atoms with Gasteiger partial charge in [-0.05, 0) is 61.1 Å². The van der Waals surface area contributed by atoms with Gasteiger partial charge in [0.1, 0.15) is 0 Å². The predicted octanol–water partition coefficient (Wildman–Crippen LogP) is 4.55. The quantitative estimate of drug-likeness (QED) is 0.641. The molecule has 0 aromatic heterocycles. The maximum atomic E-state index is 4.15. The van der Waals surface area contributed by atoms with Crippen LogP contribution in [-0.2, 0) is 0 Å². The summed E-state index contributed by atoms with van der Waals surface area (Å²) in [7, 11) is 0. The van der Waals surface area contributed by atoms with Crippen LogP contribution in [0.1, 0.15) is 60.1 Å². The fourth-order valence-corrected chi connectivity index (χ4v) is 2.36. The van der Waals surface area contributed by atoms with Crippen molar-refractivity contribution in [3.05, 3.63) is 54.5 Å².